The number of methoxy groups -OCH3 is 1. The van der Waals surface area contributed by atoms with Crippen molar-refractivity contribution in [2.75, 3.05) is 19.0 Å². The maximum atomic E-state index is 11.9. The predicted octanol–water partition coefficient (Wildman–Crippen LogP) is 2.09. The Morgan fingerprint density at radius 3 is 2.83 bits per heavy atom. The van der Waals surface area contributed by atoms with Gasteiger partial charge in [0.2, 0.25) is 5.91 Å². The Morgan fingerprint density at radius 2 is 2.22 bits per heavy atom. The van der Waals surface area contributed by atoms with Crippen LogP contribution < -0.4 is 11.1 Å². The van der Waals surface area contributed by atoms with Gasteiger partial charge in [-0.3, -0.25) is 4.79 Å². The maximum Gasteiger partial charge on any atom is 0.232 e. The summed E-state index contributed by atoms with van der Waals surface area (Å²) in [5.41, 5.74) is 10.2. The number of rotatable bonds is 4. The van der Waals surface area contributed by atoms with Crippen LogP contribution in [-0.2, 0) is 9.53 Å². The molecule has 1 aromatic carbocycles. The van der Waals surface area contributed by atoms with Gasteiger partial charge in [0.05, 0.1) is 18.6 Å². The minimum atomic E-state index is -0.209. The van der Waals surface area contributed by atoms with Crippen LogP contribution in [0.4, 0.5) is 5.69 Å². The fourth-order valence-electron chi connectivity index (χ4n) is 2.58. The first-order valence-electron chi connectivity index (χ1n) is 6.28. The zero-order valence-electron chi connectivity index (χ0n) is 11.1. The molecule has 1 aliphatic rings. The summed E-state index contributed by atoms with van der Waals surface area (Å²) in [6.45, 7) is 4.50. The van der Waals surface area contributed by atoms with Crippen molar-refractivity contribution in [2.45, 2.75) is 32.2 Å². The first-order valence-corrected chi connectivity index (χ1v) is 6.28. The van der Waals surface area contributed by atoms with Crippen molar-refractivity contribution in [1.82, 2.24) is 0 Å². The summed E-state index contributed by atoms with van der Waals surface area (Å²) < 4.78 is 5.10. The van der Waals surface area contributed by atoms with Crippen LogP contribution in [0, 0.1) is 6.92 Å². The third-order valence-corrected chi connectivity index (χ3v) is 3.44. The lowest BCUT2D eigenvalue weighted by Crippen LogP contribution is -2.18. The van der Waals surface area contributed by atoms with Crippen molar-refractivity contribution in [3.63, 3.8) is 0 Å². The lowest BCUT2D eigenvalue weighted by molar-refractivity contribution is -0.117. The average Bonchev–Trinajstić information content (AvgIpc) is 2.63. The predicted molar refractivity (Wildman–Crippen MR) is 71.6 cm³/mol. The van der Waals surface area contributed by atoms with Crippen LogP contribution in [0.1, 0.15) is 42.0 Å². The molecule has 98 valence electrons. The van der Waals surface area contributed by atoms with Gasteiger partial charge in [0.25, 0.3) is 0 Å². The maximum absolute atomic E-state index is 11.9. The van der Waals surface area contributed by atoms with Gasteiger partial charge in [0, 0.05) is 12.8 Å². The third kappa shape index (κ3) is 2.13. The minimum Gasteiger partial charge on any atom is -0.383 e. The number of aryl methyl sites for hydroxylation is 1. The first-order chi connectivity index (χ1) is 8.58. The number of hydrogen-bond donors (Lipinski definition) is 2. The Kier molecular flexibility index (Phi) is 3.68. The molecule has 1 heterocycles. The number of ether oxygens (including phenoxy) is 1. The van der Waals surface area contributed by atoms with E-state index in [9.17, 15) is 4.79 Å². The van der Waals surface area contributed by atoms with Gasteiger partial charge in [0.15, 0.2) is 0 Å². The van der Waals surface area contributed by atoms with Crippen LogP contribution in [0.25, 0.3) is 0 Å². The van der Waals surface area contributed by atoms with Crippen molar-refractivity contribution in [3.8, 4) is 0 Å². The fourth-order valence-corrected chi connectivity index (χ4v) is 2.58. The highest BCUT2D eigenvalue weighted by Gasteiger charge is 2.32. The van der Waals surface area contributed by atoms with Gasteiger partial charge in [-0.1, -0.05) is 24.6 Å². The molecule has 0 fully saturated rings. The molecule has 0 saturated heterocycles. The van der Waals surface area contributed by atoms with E-state index in [0.717, 1.165) is 28.8 Å². The second-order valence-corrected chi connectivity index (χ2v) is 4.83. The van der Waals surface area contributed by atoms with Crippen LogP contribution in [0.5, 0.6) is 0 Å². The largest absolute Gasteiger partial charge is 0.383 e. The first kappa shape index (κ1) is 13.1. The van der Waals surface area contributed by atoms with Gasteiger partial charge < -0.3 is 15.8 Å². The zero-order valence-corrected chi connectivity index (χ0v) is 11.1. The molecule has 3 N–H and O–H groups in total. The van der Waals surface area contributed by atoms with E-state index in [1.54, 1.807) is 7.11 Å². The molecule has 0 aromatic heterocycles. The molecule has 0 saturated carbocycles. The molecule has 4 heteroatoms. The Morgan fingerprint density at radius 1 is 1.50 bits per heavy atom. The molecule has 2 unspecified atom stereocenters. The lowest BCUT2D eigenvalue weighted by atomic mass is 9.92. The Balaban J connectivity index is 2.48. The molecule has 18 heavy (non-hydrogen) atoms. The summed E-state index contributed by atoms with van der Waals surface area (Å²) in [4.78, 5) is 11.9. The quantitative estimate of drug-likeness (QED) is 0.857. The number of nitrogens with one attached hydrogen (secondary N) is 1. The highest BCUT2D eigenvalue weighted by atomic mass is 16.5. The summed E-state index contributed by atoms with van der Waals surface area (Å²) in [5.74, 6) is 0.0253. The van der Waals surface area contributed by atoms with Crippen LogP contribution in [-0.4, -0.2) is 19.6 Å². The standard InChI is InChI=1S/C14H20N2O2/c1-4-9-10-5-8(2)6-11(12(15)7-18-3)13(10)16-14(9)17/h5-6,9,12H,4,7,15H2,1-3H3,(H,16,17). The number of anilines is 1. The minimum absolute atomic E-state index is 0.0478. The number of amides is 1. The van der Waals surface area contributed by atoms with Crippen molar-refractivity contribution in [1.29, 1.82) is 0 Å². The topological polar surface area (TPSA) is 64.4 Å². The van der Waals surface area contributed by atoms with Crippen LogP contribution in [0.15, 0.2) is 12.1 Å². The van der Waals surface area contributed by atoms with Crippen LogP contribution in [0.2, 0.25) is 0 Å². The third-order valence-electron chi connectivity index (χ3n) is 3.44. The molecule has 1 aromatic rings. The van der Waals surface area contributed by atoms with E-state index >= 15 is 0 Å². The summed E-state index contributed by atoms with van der Waals surface area (Å²) in [6, 6.07) is 3.89. The monoisotopic (exact) mass is 248 g/mol. The summed E-state index contributed by atoms with van der Waals surface area (Å²) >= 11 is 0. The van der Waals surface area contributed by atoms with Gasteiger partial charge in [0.1, 0.15) is 0 Å². The summed E-state index contributed by atoms with van der Waals surface area (Å²) in [6.07, 6.45) is 0.807. The fraction of sp³-hybridized carbons (Fsp3) is 0.500. The average molecular weight is 248 g/mol. The van der Waals surface area contributed by atoms with Crippen LogP contribution >= 0.6 is 0 Å². The van der Waals surface area contributed by atoms with E-state index < -0.39 is 0 Å². The van der Waals surface area contributed by atoms with E-state index in [1.807, 2.05) is 19.9 Å². The van der Waals surface area contributed by atoms with Crippen molar-refractivity contribution < 1.29 is 9.53 Å². The SMILES string of the molecule is CCC1C(=O)Nc2c(C(N)COC)cc(C)cc21. The van der Waals surface area contributed by atoms with Gasteiger partial charge in [-0.15, -0.1) is 0 Å². The highest BCUT2D eigenvalue weighted by molar-refractivity contribution is 6.03. The Hall–Kier alpha value is -1.39. The van der Waals surface area contributed by atoms with E-state index in [0.29, 0.717) is 6.61 Å². The van der Waals surface area contributed by atoms with Gasteiger partial charge in [-0.25, -0.2) is 0 Å². The Bertz CT molecular complexity index is 471. The number of nitrogens with two attached hydrogens (primary N) is 1. The second-order valence-electron chi connectivity index (χ2n) is 4.83. The van der Waals surface area contributed by atoms with E-state index in [2.05, 4.69) is 11.4 Å². The van der Waals surface area contributed by atoms with E-state index in [4.69, 9.17) is 10.5 Å². The summed E-state index contributed by atoms with van der Waals surface area (Å²) in [5, 5.41) is 2.96. The zero-order chi connectivity index (χ0) is 13.3. The summed E-state index contributed by atoms with van der Waals surface area (Å²) in [7, 11) is 1.63. The van der Waals surface area contributed by atoms with Crippen molar-refractivity contribution in [3.05, 3.63) is 28.8 Å². The second kappa shape index (κ2) is 5.08. The van der Waals surface area contributed by atoms with E-state index in [-0.39, 0.29) is 17.9 Å². The van der Waals surface area contributed by atoms with Gasteiger partial charge >= 0.3 is 0 Å². The molecule has 2 atom stereocenters. The molecule has 0 spiro atoms. The van der Waals surface area contributed by atoms with Gasteiger partial charge in [-0.05, 0) is 24.5 Å². The Labute approximate surface area is 108 Å². The van der Waals surface area contributed by atoms with E-state index in [1.165, 1.54) is 0 Å². The molecule has 1 aliphatic heterocycles. The van der Waals surface area contributed by atoms with Crippen molar-refractivity contribution in [2.24, 2.45) is 5.73 Å². The number of benzene rings is 1. The molecule has 4 nitrogen and oxygen atoms in total. The smallest absolute Gasteiger partial charge is 0.232 e. The van der Waals surface area contributed by atoms with Gasteiger partial charge in [-0.2, -0.15) is 0 Å². The number of fused-ring (bicyclic) bond motifs is 1. The number of hydrogen-bond acceptors (Lipinski definition) is 3. The molecule has 0 radical (unpaired) electrons. The van der Waals surface area contributed by atoms with Crippen LogP contribution in [0.3, 0.4) is 0 Å². The molecular formula is C14H20N2O2. The molecule has 1 amide bonds. The number of carbonyl (C=O) groups is 1. The number of carbonyl (C=O) groups excluding carboxylic acids is 1. The lowest BCUT2D eigenvalue weighted by Gasteiger charge is -2.16. The van der Waals surface area contributed by atoms with Crippen molar-refractivity contribution >= 4 is 11.6 Å². The highest BCUT2D eigenvalue weighted by Crippen LogP contribution is 2.39. The molecular weight excluding hydrogens is 228 g/mol. The molecule has 2 rings (SSSR count). The normalized spacial score (nSPS) is 19.6. The molecule has 0 aliphatic carbocycles. The molecule has 0 bridgehead atoms.